The van der Waals surface area contributed by atoms with Gasteiger partial charge in [-0.05, 0) is 74.8 Å². The summed E-state index contributed by atoms with van der Waals surface area (Å²) < 4.78 is 6.04. The van der Waals surface area contributed by atoms with E-state index < -0.39 is 0 Å². The zero-order chi connectivity index (χ0) is 25.1. The van der Waals surface area contributed by atoms with Crippen molar-refractivity contribution in [1.82, 2.24) is 4.98 Å². The van der Waals surface area contributed by atoms with Gasteiger partial charge in [-0.3, -0.25) is 4.98 Å². The summed E-state index contributed by atoms with van der Waals surface area (Å²) in [7, 11) is 0. The summed E-state index contributed by atoms with van der Waals surface area (Å²) in [5.74, 6) is 0.212. The monoisotopic (exact) mass is 485 g/mol. The number of hydrogen-bond donors (Lipinski definition) is 0. The molecule has 0 fully saturated rings. The molecule has 1 atom stereocenters. The van der Waals surface area contributed by atoms with Crippen LogP contribution in [0, 0.1) is 0 Å². The Hall–Kier alpha value is -4.95. The lowest BCUT2D eigenvalue weighted by Gasteiger charge is -2.16. The summed E-state index contributed by atoms with van der Waals surface area (Å²) in [6, 6.07) is 43.4. The summed E-state index contributed by atoms with van der Waals surface area (Å²) >= 11 is 0. The molecule has 1 aliphatic carbocycles. The van der Waals surface area contributed by atoms with Gasteiger partial charge in [-0.25, -0.2) is 0 Å². The first-order chi connectivity index (χ1) is 18.8. The molecule has 2 nitrogen and oxygen atoms in total. The number of aromatic nitrogens is 1. The lowest BCUT2D eigenvalue weighted by Crippen LogP contribution is -1.99. The van der Waals surface area contributed by atoms with Gasteiger partial charge in [0, 0.05) is 34.6 Å². The van der Waals surface area contributed by atoms with Gasteiger partial charge < -0.3 is 4.42 Å². The van der Waals surface area contributed by atoms with Crippen LogP contribution in [-0.2, 0) is 0 Å². The topological polar surface area (TPSA) is 26.0 Å². The molecule has 0 radical (unpaired) electrons. The summed E-state index contributed by atoms with van der Waals surface area (Å²) in [5, 5.41) is 2.30. The van der Waals surface area contributed by atoms with Crippen LogP contribution in [0.15, 0.2) is 138 Å². The van der Waals surface area contributed by atoms with Crippen molar-refractivity contribution in [1.29, 1.82) is 0 Å². The quantitative estimate of drug-likeness (QED) is 0.249. The van der Waals surface area contributed by atoms with Crippen molar-refractivity contribution in [2.75, 3.05) is 0 Å². The van der Waals surface area contributed by atoms with Crippen molar-refractivity contribution >= 4 is 21.9 Å². The van der Waals surface area contributed by atoms with Gasteiger partial charge in [0.1, 0.15) is 11.2 Å². The lowest BCUT2D eigenvalue weighted by molar-refractivity contribution is 0.669. The van der Waals surface area contributed by atoms with Gasteiger partial charge in [0.05, 0.1) is 0 Å². The van der Waals surface area contributed by atoms with E-state index in [1.807, 2.05) is 24.5 Å². The van der Waals surface area contributed by atoms with E-state index in [1.54, 1.807) is 0 Å². The van der Waals surface area contributed by atoms with Gasteiger partial charge in [0.2, 0.25) is 0 Å². The minimum absolute atomic E-state index is 0.212. The highest BCUT2D eigenvalue weighted by Crippen LogP contribution is 2.48. The fourth-order valence-electron chi connectivity index (χ4n) is 6.08. The molecule has 8 rings (SSSR count). The smallest absolute Gasteiger partial charge is 0.135 e. The van der Waals surface area contributed by atoms with E-state index in [9.17, 15) is 0 Å². The van der Waals surface area contributed by atoms with Gasteiger partial charge in [0.15, 0.2) is 0 Å². The lowest BCUT2D eigenvalue weighted by atomic mass is 9.87. The SMILES string of the molecule is c1cc(-c2cccc(C3c4ccccc4-c4cnccc43)c2)cc(-c2ccc3oc4ccccc4c3c2)c1. The Kier molecular flexibility index (Phi) is 4.62. The van der Waals surface area contributed by atoms with Crippen LogP contribution in [0.3, 0.4) is 0 Å². The first-order valence-corrected chi connectivity index (χ1v) is 13.0. The Bertz CT molecular complexity index is 1950. The first kappa shape index (κ1) is 21.2. The van der Waals surface area contributed by atoms with Crippen molar-refractivity contribution in [3.05, 3.63) is 150 Å². The molecule has 0 bridgehead atoms. The van der Waals surface area contributed by atoms with Crippen molar-refractivity contribution in [3.8, 4) is 33.4 Å². The van der Waals surface area contributed by atoms with E-state index >= 15 is 0 Å². The third-order valence-electron chi connectivity index (χ3n) is 7.85. The maximum Gasteiger partial charge on any atom is 0.135 e. The summed E-state index contributed by atoms with van der Waals surface area (Å²) in [6.45, 7) is 0. The molecule has 5 aromatic carbocycles. The number of furan rings is 1. The molecule has 1 unspecified atom stereocenters. The maximum absolute atomic E-state index is 6.04. The molecule has 0 spiro atoms. The average Bonchev–Trinajstić information content (AvgIpc) is 3.53. The number of pyridine rings is 1. The van der Waals surface area contributed by atoms with E-state index in [2.05, 4.69) is 114 Å². The minimum Gasteiger partial charge on any atom is -0.456 e. The molecule has 2 heterocycles. The van der Waals surface area contributed by atoms with Gasteiger partial charge in [-0.15, -0.1) is 0 Å². The normalized spacial score (nSPS) is 14.1. The summed E-state index contributed by atoms with van der Waals surface area (Å²) in [5.41, 5.74) is 13.2. The average molecular weight is 486 g/mol. The second kappa shape index (κ2) is 8.29. The first-order valence-electron chi connectivity index (χ1n) is 13.0. The zero-order valence-electron chi connectivity index (χ0n) is 20.6. The largest absolute Gasteiger partial charge is 0.456 e. The Morgan fingerprint density at radius 1 is 0.500 bits per heavy atom. The molecule has 2 aromatic heterocycles. The van der Waals surface area contributed by atoms with Gasteiger partial charge >= 0.3 is 0 Å². The van der Waals surface area contributed by atoms with E-state index in [0.717, 1.165) is 21.9 Å². The van der Waals surface area contributed by atoms with Crippen LogP contribution in [0.5, 0.6) is 0 Å². The summed E-state index contributed by atoms with van der Waals surface area (Å²) in [6.07, 6.45) is 3.91. The summed E-state index contributed by atoms with van der Waals surface area (Å²) in [4.78, 5) is 4.41. The van der Waals surface area contributed by atoms with Crippen LogP contribution < -0.4 is 0 Å². The predicted octanol–water partition coefficient (Wildman–Crippen LogP) is 9.48. The van der Waals surface area contributed by atoms with E-state index in [0.29, 0.717) is 0 Å². The molecule has 38 heavy (non-hydrogen) atoms. The van der Waals surface area contributed by atoms with Gasteiger partial charge in [-0.1, -0.05) is 91.0 Å². The van der Waals surface area contributed by atoms with E-state index in [4.69, 9.17) is 4.42 Å². The minimum atomic E-state index is 0.212. The standard InChI is InChI=1S/C36H23NO/c1-2-13-30-28(11-1)33-22-37-18-17-31(33)36(30)27-10-6-9-25(20-27)23-7-5-8-24(19-23)26-15-16-35-32(21-26)29-12-3-4-14-34(29)38-35/h1-22,36H. The van der Waals surface area contributed by atoms with Gasteiger partial charge in [-0.2, -0.15) is 0 Å². The van der Waals surface area contributed by atoms with Crippen LogP contribution in [0.1, 0.15) is 22.6 Å². The highest BCUT2D eigenvalue weighted by Gasteiger charge is 2.29. The highest BCUT2D eigenvalue weighted by molar-refractivity contribution is 6.06. The second-order valence-electron chi connectivity index (χ2n) is 10.00. The molecule has 178 valence electrons. The molecule has 0 saturated carbocycles. The van der Waals surface area contributed by atoms with Crippen LogP contribution >= 0.6 is 0 Å². The van der Waals surface area contributed by atoms with Crippen LogP contribution in [0.4, 0.5) is 0 Å². The van der Waals surface area contributed by atoms with E-state index in [1.165, 1.54) is 50.1 Å². The fourth-order valence-corrected chi connectivity index (χ4v) is 6.08. The predicted molar refractivity (Wildman–Crippen MR) is 155 cm³/mol. The van der Waals surface area contributed by atoms with Crippen molar-refractivity contribution < 1.29 is 4.42 Å². The fraction of sp³-hybridized carbons (Fsp3) is 0.0278. The second-order valence-corrected chi connectivity index (χ2v) is 10.00. The molecule has 2 heteroatoms. The number of hydrogen-bond acceptors (Lipinski definition) is 2. The Labute approximate surface area is 220 Å². The molecule has 0 amide bonds. The number of nitrogens with zero attached hydrogens (tertiary/aromatic N) is 1. The number of fused-ring (bicyclic) bond motifs is 6. The molecule has 0 N–H and O–H groups in total. The molecule has 1 aliphatic rings. The number of para-hydroxylation sites is 1. The van der Waals surface area contributed by atoms with E-state index in [-0.39, 0.29) is 5.92 Å². The Balaban J connectivity index is 1.21. The number of rotatable bonds is 3. The zero-order valence-corrected chi connectivity index (χ0v) is 20.6. The van der Waals surface area contributed by atoms with Crippen LogP contribution in [0.25, 0.3) is 55.3 Å². The van der Waals surface area contributed by atoms with Crippen molar-refractivity contribution in [2.45, 2.75) is 5.92 Å². The Morgan fingerprint density at radius 3 is 2.13 bits per heavy atom. The maximum atomic E-state index is 6.04. The molecular weight excluding hydrogens is 462 g/mol. The molecular formula is C36H23NO. The third kappa shape index (κ3) is 3.24. The van der Waals surface area contributed by atoms with Crippen LogP contribution in [-0.4, -0.2) is 4.98 Å². The van der Waals surface area contributed by atoms with Crippen LogP contribution in [0.2, 0.25) is 0 Å². The highest BCUT2D eigenvalue weighted by atomic mass is 16.3. The van der Waals surface area contributed by atoms with Crippen molar-refractivity contribution in [3.63, 3.8) is 0 Å². The Morgan fingerprint density at radius 2 is 1.21 bits per heavy atom. The number of benzene rings is 5. The van der Waals surface area contributed by atoms with Crippen molar-refractivity contribution in [2.24, 2.45) is 0 Å². The molecule has 0 aliphatic heterocycles. The molecule has 0 saturated heterocycles. The third-order valence-corrected chi connectivity index (χ3v) is 7.85. The molecule has 7 aromatic rings. The van der Waals surface area contributed by atoms with Gasteiger partial charge in [0.25, 0.3) is 0 Å².